The minimum atomic E-state index is -0.673. The van der Waals surface area contributed by atoms with E-state index in [1.165, 1.54) is 0 Å². The van der Waals surface area contributed by atoms with Crippen LogP contribution < -0.4 is 4.74 Å². The predicted molar refractivity (Wildman–Crippen MR) is 89.5 cm³/mol. The number of hydrogen-bond acceptors (Lipinski definition) is 4. The Morgan fingerprint density at radius 2 is 1.83 bits per heavy atom. The fraction of sp³-hybridized carbons (Fsp3) is 0.368. The molecule has 0 heterocycles. The van der Waals surface area contributed by atoms with E-state index < -0.39 is 11.7 Å². The predicted octanol–water partition coefficient (Wildman–Crippen LogP) is 3.91. The van der Waals surface area contributed by atoms with Crippen molar-refractivity contribution >= 4 is 23.0 Å². The van der Waals surface area contributed by atoms with Gasteiger partial charge in [-0.05, 0) is 32.2 Å². The van der Waals surface area contributed by atoms with Gasteiger partial charge in [0.15, 0.2) is 12.4 Å². The molecule has 0 saturated heterocycles. The molecule has 0 amide bonds. The lowest BCUT2D eigenvalue weighted by Crippen LogP contribution is -2.26. The van der Waals surface area contributed by atoms with Crippen molar-refractivity contribution in [1.29, 1.82) is 0 Å². The van der Waals surface area contributed by atoms with E-state index in [4.69, 9.17) is 9.47 Å². The summed E-state index contributed by atoms with van der Waals surface area (Å²) in [5, 5.41) is 1.99. The normalized spacial score (nSPS) is 12.7. The SMILES string of the molecule is CC(C)(C)OC(=O)CCC(C=O)Oc1cccc2ccccc12. The van der Waals surface area contributed by atoms with E-state index in [2.05, 4.69) is 0 Å². The fourth-order valence-corrected chi connectivity index (χ4v) is 2.27. The molecule has 4 heteroatoms. The number of benzene rings is 2. The zero-order valence-electron chi connectivity index (χ0n) is 13.7. The summed E-state index contributed by atoms with van der Waals surface area (Å²) in [5.74, 6) is 0.315. The van der Waals surface area contributed by atoms with Crippen LogP contribution in [0.1, 0.15) is 33.6 Å². The molecular formula is C19H22O4. The van der Waals surface area contributed by atoms with Gasteiger partial charge < -0.3 is 9.47 Å². The lowest BCUT2D eigenvalue weighted by atomic mass is 10.1. The molecule has 0 spiro atoms. The van der Waals surface area contributed by atoms with E-state index in [9.17, 15) is 9.59 Å². The molecule has 0 radical (unpaired) electrons. The minimum Gasteiger partial charge on any atom is -0.482 e. The Hall–Kier alpha value is -2.36. The Morgan fingerprint density at radius 3 is 2.52 bits per heavy atom. The number of carbonyl (C=O) groups excluding carboxylic acids is 2. The third-order valence-corrected chi connectivity index (χ3v) is 3.23. The molecule has 1 unspecified atom stereocenters. The Balaban J connectivity index is 2.02. The average molecular weight is 314 g/mol. The van der Waals surface area contributed by atoms with E-state index in [0.717, 1.165) is 17.1 Å². The smallest absolute Gasteiger partial charge is 0.306 e. The molecule has 0 fully saturated rings. The summed E-state index contributed by atoms with van der Waals surface area (Å²) >= 11 is 0. The van der Waals surface area contributed by atoms with Gasteiger partial charge in [-0.3, -0.25) is 9.59 Å². The number of carbonyl (C=O) groups is 2. The molecule has 0 bridgehead atoms. The third kappa shape index (κ3) is 5.09. The van der Waals surface area contributed by atoms with Crippen LogP contribution in [0.2, 0.25) is 0 Å². The van der Waals surface area contributed by atoms with E-state index in [1.54, 1.807) is 0 Å². The van der Waals surface area contributed by atoms with Crippen LogP contribution in [-0.2, 0) is 14.3 Å². The van der Waals surface area contributed by atoms with Crippen LogP contribution in [0.4, 0.5) is 0 Å². The molecule has 23 heavy (non-hydrogen) atoms. The molecule has 0 N–H and O–H groups in total. The van der Waals surface area contributed by atoms with Crippen molar-refractivity contribution in [2.24, 2.45) is 0 Å². The molecule has 0 aliphatic heterocycles. The summed E-state index contributed by atoms with van der Waals surface area (Å²) < 4.78 is 11.0. The lowest BCUT2D eigenvalue weighted by molar-refractivity contribution is -0.155. The minimum absolute atomic E-state index is 0.144. The number of aldehydes is 1. The van der Waals surface area contributed by atoms with E-state index in [1.807, 2.05) is 63.2 Å². The second kappa shape index (κ2) is 7.27. The van der Waals surface area contributed by atoms with Gasteiger partial charge in [-0.15, -0.1) is 0 Å². The Labute approximate surface area is 136 Å². The van der Waals surface area contributed by atoms with Gasteiger partial charge in [0, 0.05) is 18.2 Å². The van der Waals surface area contributed by atoms with Gasteiger partial charge in [0.1, 0.15) is 11.4 Å². The number of hydrogen-bond donors (Lipinski definition) is 0. The van der Waals surface area contributed by atoms with Gasteiger partial charge in [0.25, 0.3) is 0 Å². The third-order valence-electron chi connectivity index (χ3n) is 3.23. The Bertz CT molecular complexity index is 680. The molecule has 122 valence electrons. The van der Waals surface area contributed by atoms with Crippen molar-refractivity contribution < 1.29 is 19.1 Å². The van der Waals surface area contributed by atoms with Crippen LogP contribution in [-0.4, -0.2) is 24.0 Å². The van der Waals surface area contributed by atoms with Crippen LogP contribution >= 0.6 is 0 Å². The van der Waals surface area contributed by atoms with Crippen molar-refractivity contribution in [3.8, 4) is 5.75 Å². The van der Waals surface area contributed by atoms with Crippen LogP contribution in [0.5, 0.6) is 5.75 Å². The highest BCUT2D eigenvalue weighted by molar-refractivity contribution is 5.88. The standard InChI is InChI=1S/C19H22O4/c1-19(2,3)23-18(21)12-11-15(13-20)22-17-10-6-8-14-7-4-5-9-16(14)17/h4-10,13,15H,11-12H2,1-3H3. The highest BCUT2D eigenvalue weighted by atomic mass is 16.6. The molecule has 4 nitrogen and oxygen atoms in total. The highest BCUT2D eigenvalue weighted by Gasteiger charge is 2.19. The van der Waals surface area contributed by atoms with Gasteiger partial charge in [-0.1, -0.05) is 36.4 Å². The Kier molecular flexibility index (Phi) is 5.37. The lowest BCUT2D eigenvalue weighted by Gasteiger charge is -2.20. The van der Waals surface area contributed by atoms with Crippen LogP contribution in [0.15, 0.2) is 42.5 Å². The molecule has 0 saturated carbocycles. The molecule has 0 aliphatic rings. The molecule has 2 aromatic rings. The molecule has 2 rings (SSSR count). The summed E-state index contributed by atoms with van der Waals surface area (Å²) in [6.45, 7) is 5.44. The molecule has 1 atom stereocenters. The summed E-state index contributed by atoms with van der Waals surface area (Å²) in [7, 11) is 0. The monoisotopic (exact) mass is 314 g/mol. The van der Waals surface area contributed by atoms with Crippen LogP contribution in [0.3, 0.4) is 0 Å². The molecular weight excluding hydrogens is 292 g/mol. The van der Waals surface area contributed by atoms with E-state index in [-0.39, 0.29) is 12.4 Å². The summed E-state index contributed by atoms with van der Waals surface area (Å²) in [6.07, 6.45) is 0.493. The first-order chi connectivity index (χ1) is 10.9. The molecule has 0 aromatic heterocycles. The largest absolute Gasteiger partial charge is 0.482 e. The molecule has 2 aromatic carbocycles. The average Bonchev–Trinajstić information content (AvgIpc) is 2.50. The number of ether oxygens (including phenoxy) is 2. The van der Waals surface area contributed by atoms with E-state index in [0.29, 0.717) is 12.2 Å². The summed E-state index contributed by atoms with van der Waals surface area (Å²) in [4.78, 5) is 23.0. The fourth-order valence-electron chi connectivity index (χ4n) is 2.27. The first-order valence-electron chi connectivity index (χ1n) is 7.70. The highest BCUT2D eigenvalue weighted by Crippen LogP contribution is 2.26. The zero-order chi connectivity index (χ0) is 16.9. The Morgan fingerprint density at radius 1 is 1.13 bits per heavy atom. The number of esters is 1. The van der Waals surface area contributed by atoms with Gasteiger partial charge in [0.05, 0.1) is 0 Å². The van der Waals surface area contributed by atoms with Crippen molar-refractivity contribution in [3.05, 3.63) is 42.5 Å². The topological polar surface area (TPSA) is 52.6 Å². The van der Waals surface area contributed by atoms with Crippen molar-refractivity contribution in [2.45, 2.75) is 45.3 Å². The maximum absolute atomic E-state index is 11.8. The van der Waals surface area contributed by atoms with Gasteiger partial charge in [-0.2, -0.15) is 0 Å². The van der Waals surface area contributed by atoms with Crippen molar-refractivity contribution in [1.82, 2.24) is 0 Å². The first-order valence-corrected chi connectivity index (χ1v) is 7.70. The second-order valence-electron chi connectivity index (χ2n) is 6.39. The number of fused-ring (bicyclic) bond motifs is 1. The second-order valence-corrected chi connectivity index (χ2v) is 6.39. The maximum atomic E-state index is 11.8. The maximum Gasteiger partial charge on any atom is 0.306 e. The first kappa shape index (κ1) is 17.0. The van der Waals surface area contributed by atoms with Crippen molar-refractivity contribution in [2.75, 3.05) is 0 Å². The summed E-state index contributed by atoms with van der Waals surface area (Å²) in [5.41, 5.74) is -0.524. The zero-order valence-corrected chi connectivity index (χ0v) is 13.7. The van der Waals surface area contributed by atoms with Crippen molar-refractivity contribution in [3.63, 3.8) is 0 Å². The van der Waals surface area contributed by atoms with Crippen LogP contribution in [0.25, 0.3) is 10.8 Å². The molecule has 0 aliphatic carbocycles. The van der Waals surface area contributed by atoms with Crippen LogP contribution in [0, 0.1) is 0 Å². The van der Waals surface area contributed by atoms with Gasteiger partial charge >= 0.3 is 5.97 Å². The van der Waals surface area contributed by atoms with E-state index >= 15 is 0 Å². The van der Waals surface area contributed by atoms with Gasteiger partial charge in [-0.25, -0.2) is 0 Å². The summed E-state index contributed by atoms with van der Waals surface area (Å²) in [6, 6.07) is 13.5. The number of rotatable bonds is 6. The van der Waals surface area contributed by atoms with Gasteiger partial charge in [0.2, 0.25) is 0 Å². The quantitative estimate of drug-likeness (QED) is 0.599.